The lowest BCUT2D eigenvalue weighted by molar-refractivity contribution is -0.130. The average Bonchev–Trinajstić information content (AvgIpc) is 2.63. The van der Waals surface area contributed by atoms with E-state index in [0.29, 0.717) is 38.3 Å². The van der Waals surface area contributed by atoms with Gasteiger partial charge in [0.25, 0.3) is 0 Å². The fourth-order valence-electron chi connectivity index (χ4n) is 2.81. The third-order valence-electron chi connectivity index (χ3n) is 4.58. The molecule has 1 fully saturated rings. The van der Waals surface area contributed by atoms with Crippen LogP contribution >= 0.6 is 12.4 Å². The van der Waals surface area contributed by atoms with Gasteiger partial charge in [0.1, 0.15) is 10.6 Å². The second-order valence-electron chi connectivity index (χ2n) is 6.43. The van der Waals surface area contributed by atoms with Crippen LogP contribution in [0.4, 0.5) is 5.69 Å². The number of nitrogens with two attached hydrogens (primary N) is 1. The maximum absolute atomic E-state index is 12.8. The van der Waals surface area contributed by atoms with E-state index >= 15 is 0 Å². The Hall–Kier alpha value is -1.39. The van der Waals surface area contributed by atoms with Gasteiger partial charge in [0.15, 0.2) is 0 Å². The fourth-order valence-corrected chi connectivity index (χ4v) is 3.86. The van der Waals surface area contributed by atoms with Gasteiger partial charge in [0.2, 0.25) is 15.9 Å². The minimum atomic E-state index is -3.72. The van der Waals surface area contributed by atoms with E-state index in [1.807, 2.05) is 0 Å². The third-order valence-corrected chi connectivity index (χ3v) is 6.42. The fraction of sp³-hybridized carbons (Fsp3) is 0.588. The molecule has 1 aliphatic heterocycles. The molecule has 0 atom stereocenters. The Labute approximate surface area is 166 Å². The molecule has 2 rings (SSSR count). The molecule has 0 bridgehead atoms. The number of benzene rings is 1. The van der Waals surface area contributed by atoms with Crippen LogP contribution in [0.1, 0.15) is 19.8 Å². The summed E-state index contributed by atoms with van der Waals surface area (Å²) in [5, 5.41) is 2.81. The highest BCUT2D eigenvalue weighted by Crippen LogP contribution is 2.33. The zero-order valence-electron chi connectivity index (χ0n) is 15.9. The molecule has 154 valence electrons. The van der Waals surface area contributed by atoms with Crippen LogP contribution in [0.5, 0.6) is 5.75 Å². The molecule has 8 nitrogen and oxygen atoms in total. The van der Waals surface area contributed by atoms with Crippen molar-refractivity contribution >= 4 is 34.0 Å². The number of amides is 1. The van der Waals surface area contributed by atoms with Gasteiger partial charge in [-0.1, -0.05) is 0 Å². The monoisotopic (exact) mass is 421 g/mol. The lowest BCUT2D eigenvalue weighted by Gasteiger charge is -2.34. The molecule has 1 aliphatic rings. The van der Waals surface area contributed by atoms with Gasteiger partial charge in [-0.3, -0.25) is 4.79 Å². The molecule has 1 aromatic carbocycles. The number of rotatable bonds is 7. The van der Waals surface area contributed by atoms with Crippen molar-refractivity contribution in [1.29, 1.82) is 0 Å². The lowest BCUT2D eigenvalue weighted by Crippen LogP contribution is -2.46. The number of halogens is 1. The van der Waals surface area contributed by atoms with E-state index < -0.39 is 15.4 Å². The van der Waals surface area contributed by atoms with Crippen molar-refractivity contribution in [3.05, 3.63) is 18.2 Å². The predicted molar refractivity (Wildman–Crippen MR) is 106 cm³/mol. The molecule has 3 N–H and O–H groups in total. The van der Waals surface area contributed by atoms with E-state index in [9.17, 15) is 13.2 Å². The van der Waals surface area contributed by atoms with Crippen molar-refractivity contribution in [3.8, 4) is 5.75 Å². The molecule has 0 aliphatic carbocycles. The Morgan fingerprint density at radius 1 is 1.33 bits per heavy atom. The van der Waals surface area contributed by atoms with E-state index in [4.69, 9.17) is 15.2 Å². The van der Waals surface area contributed by atoms with Crippen LogP contribution in [0.25, 0.3) is 0 Å². The predicted octanol–water partition coefficient (Wildman–Crippen LogP) is 1.45. The van der Waals surface area contributed by atoms with Gasteiger partial charge in [-0.25, -0.2) is 12.7 Å². The largest absolute Gasteiger partial charge is 0.492 e. The van der Waals surface area contributed by atoms with Gasteiger partial charge in [0, 0.05) is 39.5 Å². The number of carbonyl (C=O) groups is 1. The van der Waals surface area contributed by atoms with Crippen LogP contribution in [-0.2, 0) is 19.6 Å². The van der Waals surface area contributed by atoms with Crippen LogP contribution in [0, 0.1) is 5.41 Å². The maximum atomic E-state index is 12.8. The smallest absolute Gasteiger partial charge is 0.246 e. The number of hydrogen-bond donors (Lipinski definition) is 2. The maximum Gasteiger partial charge on any atom is 0.246 e. The minimum absolute atomic E-state index is 0. The van der Waals surface area contributed by atoms with Crippen LogP contribution in [0.2, 0.25) is 0 Å². The normalized spacial score (nSPS) is 16.5. The zero-order valence-corrected chi connectivity index (χ0v) is 17.5. The highest BCUT2D eigenvalue weighted by atomic mass is 35.5. The Morgan fingerprint density at radius 3 is 2.48 bits per heavy atom. The van der Waals surface area contributed by atoms with Gasteiger partial charge in [-0.15, -0.1) is 12.4 Å². The van der Waals surface area contributed by atoms with Crippen LogP contribution in [0.15, 0.2) is 23.1 Å². The quantitative estimate of drug-likeness (QED) is 0.689. The van der Waals surface area contributed by atoms with Crippen molar-refractivity contribution in [2.75, 3.05) is 45.8 Å². The molecule has 27 heavy (non-hydrogen) atoms. The summed E-state index contributed by atoms with van der Waals surface area (Å²) in [6.07, 6.45) is 1.07. The van der Waals surface area contributed by atoms with E-state index in [1.54, 1.807) is 19.1 Å². The van der Waals surface area contributed by atoms with Crippen LogP contribution in [-0.4, -0.2) is 59.1 Å². The first-order valence-corrected chi connectivity index (χ1v) is 9.99. The van der Waals surface area contributed by atoms with E-state index in [1.165, 1.54) is 20.2 Å². The number of anilines is 1. The highest BCUT2D eigenvalue weighted by Gasteiger charge is 2.39. The first kappa shape index (κ1) is 23.6. The standard InChI is InChI=1S/C17H27N3O5S.ClH/c1-4-25-14-6-5-13(11-15(14)26(22,23)20(2)3)19-16(21)17(12-18)7-9-24-10-8-17;/h5-6,11H,4,7-10,12,18H2,1-3H3,(H,19,21);1H. The molecular formula is C17H28ClN3O5S. The van der Waals surface area contributed by atoms with E-state index in [-0.39, 0.29) is 35.5 Å². The molecule has 0 saturated carbocycles. The van der Waals surface area contributed by atoms with Gasteiger partial charge in [-0.05, 0) is 38.0 Å². The molecule has 10 heteroatoms. The summed E-state index contributed by atoms with van der Waals surface area (Å²) < 4.78 is 37.0. The van der Waals surface area contributed by atoms with Gasteiger partial charge in [0.05, 0.1) is 12.0 Å². The number of hydrogen-bond acceptors (Lipinski definition) is 6. The molecule has 1 aromatic rings. The first-order valence-electron chi connectivity index (χ1n) is 8.55. The van der Waals surface area contributed by atoms with Gasteiger partial charge >= 0.3 is 0 Å². The molecule has 0 radical (unpaired) electrons. The summed E-state index contributed by atoms with van der Waals surface area (Å²) in [6, 6.07) is 4.59. The van der Waals surface area contributed by atoms with Crippen molar-refractivity contribution in [2.45, 2.75) is 24.7 Å². The summed E-state index contributed by atoms with van der Waals surface area (Å²) >= 11 is 0. The molecular weight excluding hydrogens is 394 g/mol. The summed E-state index contributed by atoms with van der Waals surface area (Å²) in [5.41, 5.74) is 5.55. The molecule has 0 unspecified atom stereocenters. The molecule has 1 amide bonds. The summed E-state index contributed by atoms with van der Waals surface area (Å²) in [4.78, 5) is 12.8. The number of sulfonamides is 1. The van der Waals surface area contributed by atoms with Gasteiger partial charge in [-0.2, -0.15) is 0 Å². The number of ether oxygens (including phenoxy) is 2. The second-order valence-corrected chi connectivity index (χ2v) is 8.55. The molecule has 1 heterocycles. The van der Waals surface area contributed by atoms with Crippen LogP contribution in [0.3, 0.4) is 0 Å². The minimum Gasteiger partial charge on any atom is -0.492 e. The third kappa shape index (κ3) is 5.11. The summed E-state index contributed by atoms with van der Waals surface area (Å²) in [5.74, 6) is 0.0273. The van der Waals surface area contributed by atoms with E-state index in [2.05, 4.69) is 5.32 Å². The highest BCUT2D eigenvalue weighted by molar-refractivity contribution is 7.89. The average molecular weight is 422 g/mol. The van der Waals surface area contributed by atoms with Gasteiger partial charge < -0.3 is 20.5 Å². The van der Waals surface area contributed by atoms with Crippen molar-refractivity contribution in [2.24, 2.45) is 11.1 Å². The van der Waals surface area contributed by atoms with Crippen LogP contribution < -0.4 is 15.8 Å². The first-order chi connectivity index (χ1) is 12.3. The van der Waals surface area contributed by atoms with Crippen molar-refractivity contribution < 1.29 is 22.7 Å². The molecule has 1 saturated heterocycles. The van der Waals surface area contributed by atoms with Crippen molar-refractivity contribution in [3.63, 3.8) is 0 Å². The molecule has 0 aromatic heterocycles. The van der Waals surface area contributed by atoms with Crippen molar-refractivity contribution in [1.82, 2.24) is 4.31 Å². The zero-order chi connectivity index (χ0) is 19.4. The summed E-state index contributed by atoms with van der Waals surface area (Å²) in [6.45, 7) is 3.28. The summed E-state index contributed by atoms with van der Waals surface area (Å²) in [7, 11) is -0.829. The number of nitrogens with one attached hydrogen (secondary N) is 1. The lowest BCUT2D eigenvalue weighted by atomic mass is 9.79. The Kier molecular flexibility index (Phi) is 8.49. The number of carbonyl (C=O) groups excluding carboxylic acids is 1. The Bertz CT molecular complexity index is 749. The topological polar surface area (TPSA) is 111 Å². The van der Waals surface area contributed by atoms with E-state index in [0.717, 1.165) is 4.31 Å². The second kappa shape index (κ2) is 9.70. The Morgan fingerprint density at radius 2 is 1.96 bits per heavy atom. The Balaban J connectivity index is 0.00000364. The number of nitrogens with zero attached hydrogens (tertiary/aromatic N) is 1. The SMILES string of the molecule is CCOc1ccc(NC(=O)C2(CN)CCOCC2)cc1S(=O)(=O)N(C)C.Cl. The molecule has 0 spiro atoms.